The van der Waals surface area contributed by atoms with Gasteiger partial charge in [-0.15, -0.1) is 10.2 Å². The van der Waals surface area contributed by atoms with Crippen LogP contribution in [0.2, 0.25) is 5.02 Å². The summed E-state index contributed by atoms with van der Waals surface area (Å²) in [4.78, 5) is 15.4. The number of carbonyl (C=O) groups is 1. The van der Waals surface area contributed by atoms with Crippen LogP contribution in [0, 0.1) is 0 Å². The number of ether oxygens (including phenoxy) is 1. The summed E-state index contributed by atoms with van der Waals surface area (Å²) in [7, 11) is 1.59. The molecule has 2 aromatic heterocycles. The van der Waals surface area contributed by atoms with Crippen LogP contribution < -0.4 is 10.1 Å². The largest absolute Gasteiger partial charge is 0.497 e. The highest BCUT2D eigenvalue weighted by Crippen LogP contribution is 2.24. The molecule has 0 aliphatic rings. The van der Waals surface area contributed by atoms with E-state index < -0.39 is 0 Å². The molecular weight excluding hydrogens is 380 g/mol. The summed E-state index contributed by atoms with van der Waals surface area (Å²) in [6, 6.07) is 12.9. The minimum absolute atomic E-state index is 0.151. The summed E-state index contributed by atoms with van der Waals surface area (Å²) in [5.41, 5.74) is 2.56. The maximum atomic E-state index is 12.3. The molecule has 0 radical (unpaired) electrons. The number of aromatic amines is 1. The van der Waals surface area contributed by atoms with Gasteiger partial charge in [-0.1, -0.05) is 17.7 Å². The number of amides is 1. The van der Waals surface area contributed by atoms with Crippen LogP contribution in [0.4, 0.5) is 0 Å². The van der Waals surface area contributed by atoms with E-state index in [1.807, 2.05) is 36.5 Å². The molecule has 142 valence electrons. The van der Waals surface area contributed by atoms with Crippen molar-refractivity contribution in [3.8, 4) is 17.2 Å². The SMILES string of the molecule is COc1cccc(-c2nnc(CNC(=O)Cc3c[nH]c4ccc(Cl)cc34)o2)c1. The standard InChI is InChI=1S/C20H17ClN4O3/c1-27-15-4-2-3-12(7-15)20-25-24-19(28-20)11-23-18(26)8-13-10-22-17-6-5-14(21)9-16(13)17/h2-7,9-10,22H,8,11H2,1H3,(H,23,26). The van der Waals surface area contributed by atoms with Crippen LogP contribution >= 0.6 is 11.6 Å². The lowest BCUT2D eigenvalue weighted by atomic mass is 10.1. The molecule has 0 atom stereocenters. The smallest absolute Gasteiger partial charge is 0.247 e. The summed E-state index contributed by atoms with van der Waals surface area (Å²) in [6.07, 6.45) is 2.03. The fraction of sp³-hybridized carbons (Fsp3) is 0.150. The number of nitrogens with zero attached hydrogens (tertiary/aromatic N) is 2. The van der Waals surface area contributed by atoms with Gasteiger partial charge in [0.2, 0.25) is 17.7 Å². The number of methoxy groups -OCH3 is 1. The van der Waals surface area contributed by atoms with Crippen molar-refractivity contribution in [2.75, 3.05) is 7.11 Å². The zero-order chi connectivity index (χ0) is 19.5. The molecule has 2 aromatic carbocycles. The second kappa shape index (κ2) is 7.74. The van der Waals surface area contributed by atoms with Crippen LogP contribution in [0.1, 0.15) is 11.5 Å². The normalized spacial score (nSPS) is 10.9. The fourth-order valence-corrected chi connectivity index (χ4v) is 3.08. The Balaban J connectivity index is 1.39. The lowest BCUT2D eigenvalue weighted by Gasteiger charge is -2.02. The molecule has 1 amide bonds. The minimum Gasteiger partial charge on any atom is -0.497 e. The van der Waals surface area contributed by atoms with Gasteiger partial charge in [-0.2, -0.15) is 0 Å². The maximum absolute atomic E-state index is 12.3. The first-order valence-electron chi connectivity index (χ1n) is 8.61. The summed E-state index contributed by atoms with van der Waals surface area (Å²) in [5, 5.41) is 12.4. The molecule has 2 N–H and O–H groups in total. The Morgan fingerprint density at radius 3 is 3.00 bits per heavy atom. The van der Waals surface area contributed by atoms with Gasteiger partial charge in [0, 0.05) is 27.7 Å². The van der Waals surface area contributed by atoms with E-state index in [-0.39, 0.29) is 18.9 Å². The lowest BCUT2D eigenvalue weighted by molar-refractivity contribution is -0.120. The molecule has 28 heavy (non-hydrogen) atoms. The molecule has 0 bridgehead atoms. The first-order valence-corrected chi connectivity index (χ1v) is 8.99. The molecule has 0 aliphatic heterocycles. The van der Waals surface area contributed by atoms with E-state index in [0.29, 0.717) is 22.6 Å². The Hall–Kier alpha value is -3.32. The third-order valence-electron chi connectivity index (χ3n) is 4.30. The third kappa shape index (κ3) is 3.84. The fourth-order valence-electron chi connectivity index (χ4n) is 2.90. The van der Waals surface area contributed by atoms with Crippen molar-refractivity contribution < 1.29 is 13.9 Å². The number of halogens is 1. The predicted molar refractivity (Wildman–Crippen MR) is 105 cm³/mol. The van der Waals surface area contributed by atoms with Crippen molar-refractivity contribution in [2.24, 2.45) is 0 Å². The second-order valence-electron chi connectivity index (χ2n) is 6.19. The molecule has 0 saturated carbocycles. The summed E-state index contributed by atoms with van der Waals surface area (Å²) >= 11 is 6.05. The van der Waals surface area contributed by atoms with E-state index >= 15 is 0 Å². The van der Waals surface area contributed by atoms with Gasteiger partial charge in [-0.3, -0.25) is 4.79 Å². The average Bonchev–Trinajstić information content (AvgIpc) is 3.34. The monoisotopic (exact) mass is 396 g/mol. The van der Waals surface area contributed by atoms with Gasteiger partial charge in [-0.05, 0) is 42.0 Å². The molecule has 4 aromatic rings. The van der Waals surface area contributed by atoms with Gasteiger partial charge in [0.05, 0.1) is 20.1 Å². The van der Waals surface area contributed by atoms with Gasteiger partial charge < -0.3 is 19.5 Å². The topological polar surface area (TPSA) is 93.0 Å². The highest BCUT2D eigenvalue weighted by Gasteiger charge is 2.12. The molecule has 4 rings (SSSR count). The molecular formula is C20H17ClN4O3. The highest BCUT2D eigenvalue weighted by molar-refractivity contribution is 6.31. The number of hydrogen-bond donors (Lipinski definition) is 2. The Morgan fingerprint density at radius 1 is 1.25 bits per heavy atom. The van der Waals surface area contributed by atoms with Gasteiger partial charge in [0.1, 0.15) is 5.75 Å². The number of benzene rings is 2. The quantitative estimate of drug-likeness (QED) is 0.518. The highest BCUT2D eigenvalue weighted by atomic mass is 35.5. The van der Waals surface area contributed by atoms with Crippen molar-refractivity contribution >= 4 is 28.4 Å². The number of carbonyl (C=O) groups excluding carboxylic acids is 1. The molecule has 0 fully saturated rings. The Bertz CT molecular complexity index is 1140. The van der Waals surface area contributed by atoms with Crippen LogP contribution in [0.15, 0.2) is 53.1 Å². The van der Waals surface area contributed by atoms with E-state index in [9.17, 15) is 4.79 Å². The Kier molecular flexibility index (Phi) is 4.99. The number of nitrogens with one attached hydrogen (secondary N) is 2. The number of H-pyrrole nitrogens is 1. The first-order chi connectivity index (χ1) is 13.6. The third-order valence-corrected chi connectivity index (χ3v) is 4.54. The minimum atomic E-state index is -0.151. The van der Waals surface area contributed by atoms with Gasteiger partial charge in [0.15, 0.2) is 0 Å². The average molecular weight is 397 g/mol. The van der Waals surface area contributed by atoms with E-state index in [1.165, 1.54) is 0 Å². The van der Waals surface area contributed by atoms with Crippen molar-refractivity contribution in [1.29, 1.82) is 0 Å². The second-order valence-corrected chi connectivity index (χ2v) is 6.63. The number of hydrogen-bond acceptors (Lipinski definition) is 5. The van der Waals surface area contributed by atoms with E-state index in [1.54, 1.807) is 19.2 Å². The van der Waals surface area contributed by atoms with Crippen molar-refractivity contribution in [1.82, 2.24) is 20.5 Å². The van der Waals surface area contributed by atoms with Crippen LogP contribution in [-0.4, -0.2) is 28.2 Å². The number of fused-ring (bicyclic) bond motifs is 1. The van der Waals surface area contributed by atoms with Crippen LogP contribution in [-0.2, 0) is 17.8 Å². The predicted octanol–water partition coefficient (Wildman–Crippen LogP) is 3.74. The first kappa shape index (κ1) is 18.1. The summed E-state index contributed by atoms with van der Waals surface area (Å²) in [6.45, 7) is 0.152. The van der Waals surface area contributed by atoms with Crippen LogP contribution in [0.5, 0.6) is 5.75 Å². The Labute approximate surface area is 165 Å². The zero-order valence-corrected chi connectivity index (χ0v) is 15.8. The maximum Gasteiger partial charge on any atom is 0.247 e. The van der Waals surface area contributed by atoms with Crippen molar-refractivity contribution in [2.45, 2.75) is 13.0 Å². The van der Waals surface area contributed by atoms with E-state index in [0.717, 1.165) is 22.0 Å². The molecule has 0 unspecified atom stereocenters. The van der Waals surface area contributed by atoms with Crippen LogP contribution in [0.25, 0.3) is 22.4 Å². The van der Waals surface area contributed by atoms with Crippen LogP contribution in [0.3, 0.4) is 0 Å². The molecule has 8 heteroatoms. The number of rotatable bonds is 6. The summed E-state index contributed by atoms with van der Waals surface area (Å²) in [5.74, 6) is 1.24. The van der Waals surface area contributed by atoms with E-state index in [2.05, 4.69) is 20.5 Å². The molecule has 7 nitrogen and oxygen atoms in total. The molecule has 0 spiro atoms. The van der Waals surface area contributed by atoms with Crippen molar-refractivity contribution in [3.05, 3.63) is 65.1 Å². The van der Waals surface area contributed by atoms with Gasteiger partial charge in [0.25, 0.3) is 0 Å². The van der Waals surface area contributed by atoms with Gasteiger partial charge in [-0.25, -0.2) is 0 Å². The van der Waals surface area contributed by atoms with Gasteiger partial charge >= 0.3 is 0 Å². The Morgan fingerprint density at radius 2 is 2.14 bits per heavy atom. The molecule has 0 aliphatic carbocycles. The number of aromatic nitrogens is 3. The molecule has 0 saturated heterocycles. The zero-order valence-electron chi connectivity index (χ0n) is 15.0. The van der Waals surface area contributed by atoms with Crippen molar-refractivity contribution in [3.63, 3.8) is 0 Å². The summed E-state index contributed by atoms with van der Waals surface area (Å²) < 4.78 is 10.8. The molecule has 2 heterocycles. The lowest BCUT2D eigenvalue weighted by Crippen LogP contribution is -2.24. The van der Waals surface area contributed by atoms with E-state index in [4.69, 9.17) is 20.8 Å².